The number of halogens is 1. The zero-order chi connectivity index (χ0) is 38.1. The van der Waals surface area contributed by atoms with E-state index in [1.54, 1.807) is 27.8 Å². The Bertz CT molecular complexity index is 1950. The predicted molar refractivity (Wildman–Crippen MR) is 199 cm³/mol. The van der Waals surface area contributed by atoms with E-state index in [4.69, 9.17) is 14.2 Å². The molecule has 4 aliphatic heterocycles. The molecule has 5 bridgehead atoms. The van der Waals surface area contributed by atoms with E-state index in [0.29, 0.717) is 33.9 Å². The van der Waals surface area contributed by atoms with Gasteiger partial charge in [0.25, 0.3) is 5.91 Å². The van der Waals surface area contributed by atoms with E-state index in [1.807, 2.05) is 68.5 Å². The summed E-state index contributed by atoms with van der Waals surface area (Å²) in [5.74, 6) is -4.15. The molecule has 286 valence electrons. The third-order valence-corrected chi connectivity index (χ3v) is 11.4. The van der Waals surface area contributed by atoms with Crippen LogP contribution < -0.4 is 5.32 Å². The zero-order valence-corrected chi connectivity index (χ0v) is 32.0. The molecule has 0 radical (unpaired) electrons. The summed E-state index contributed by atoms with van der Waals surface area (Å²) in [6.45, 7) is 3.68. The second-order valence-corrected chi connectivity index (χ2v) is 15.6. The van der Waals surface area contributed by atoms with E-state index >= 15 is 4.79 Å². The van der Waals surface area contributed by atoms with E-state index in [-0.39, 0.29) is 38.1 Å². The van der Waals surface area contributed by atoms with Crippen molar-refractivity contribution in [1.29, 1.82) is 0 Å². The maximum atomic E-state index is 15.3. The van der Waals surface area contributed by atoms with Crippen LogP contribution in [0.2, 0.25) is 0 Å². The Labute approximate surface area is 321 Å². The maximum absolute atomic E-state index is 15.3. The lowest BCUT2D eigenvalue weighted by Gasteiger charge is -2.39. The SMILES string of the molecule is COC[C@H]1NC(=O)CC/C=C\CN(Cn2nnc3ccccc32)C(=O)[C@@H]2N([C@@H](CO)CC(C)C)C(=O)[C@H]3[C@H](C(=O)O[C@@H]1c1ccccc1)[C@H]1O[C@@]23C=C1Br. The van der Waals surface area contributed by atoms with E-state index in [1.165, 1.54) is 12.0 Å². The summed E-state index contributed by atoms with van der Waals surface area (Å²) in [6.07, 6.45) is 4.38. The monoisotopic (exact) mass is 804 g/mol. The van der Waals surface area contributed by atoms with Gasteiger partial charge in [-0.05, 0) is 42.5 Å². The summed E-state index contributed by atoms with van der Waals surface area (Å²) in [4.78, 5) is 61.2. The molecular formula is C39H45BrN6O8. The third-order valence-electron chi connectivity index (χ3n) is 10.7. The predicted octanol–water partition coefficient (Wildman–Crippen LogP) is 3.26. The molecular weight excluding hydrogens is 760 g/mol. The van der Waals surface area contributed by atoms with Gasteiger partial charge in [-0.2, -0.15) is 0 Å². The van der Waals surface area contributed by atoms with Crippen LogP contribution in [0.3, 0.4) is 0 Å². The number of amides is 3. The Morgan fingerprint density at radius 1 is 1.04 bits per heavy atom. The molecule has 5 heterocycles. The minimum absolute atomic E-state index is 0.0192. The number of nitrogens with zero attached hydrogens (tertiary/aromatic N) is 5. The van der Waals surface area contributed by atoms with Gasteiger partial charge in [0.15, 0.2) is 0 Å². The van der Waals surface area contributed by atoms with Gasteiger partial charge in [0.2, 0.25) is 11.8 Å². The second-order valence-electron chi connectivity index (χ2n) is 14.7. The fourth-order valence-corrected chi connectivity index (χ4v) is 9.16. The van der Waals surface area contributed by atoms with Crippen LogP contribution in [0, 0.1) is 17.8 Å². The highest BCUT2D eigenvalue weighted by molar-refractivity contribution is 9.11. The van der Waals surface area contributed by atoms with Crippen molar-refractivity contribution in [2.45, 2.75) is 75.7 Å². The Balaban J connectivity index is 1.35. The number of carbonyl (C=O) groups excluding carboxylic acids is 4. The minimum atomic E-state index is -1.56. The number of esters is 1. The number of hydrogen-bond donors (Lipinski definition) is 2. The first-order chi connectivity index (χ1) is 26.1. The number of hydrogen-bond acceptors (Lipinski definition) is 10. The van der Waals surface area contributed by atoms with E-state index in [2.05, 4.69) is 31.6 Å². The average Bonchev–Trinajstić information content (AvgIpc) is 3.88. The molecule has 15 heteroatoms. The number of methoxy groups -OCH3 is 1. The smallest absolute Gasteiger partial charge is 0.313 e. The highest BCUT2D eigenvalue weighted by Gasteiger charge is 2.75. The van der Waals surface area contributed by atoms with Crippen LogP contribution in [0.4, 0.5) is 0 Å². The molecule has 0 unspecified atom stereocenters. The van der Waals surface area contributed by atoms with Gasteiger partial charge in [0, 0.05) is 24.6 Å². The fourth-order valence-electron chi connectivity index (χ4n) is 8.42. The van der Waals surface area contributed by atoms with Gasteiger partial charge in [-0.25, -0.2) is 4.68 Å². The number of allylic oxidation sites excluding steroid dienone is 1. The summed E-state index contributed by atoms with van der Waals surface area (Å²) in [6, 6.07) is 13.7. The lowest BCUT2D eigenvalue weighted by atomic mass is 9.74. The molecule has 1 aromatic heterocycles. The number of ether oxygens (including phenoxy) is 3. The lowest BCUT2D eigenvalue weighted by Crippen LogP contribution is -2.58. The number of rotatable bonds is 9. The van der Waals surface area contributed by atoms with Crippen molar-refractivity contribution in [2.24, 2.45) is 17.8 Å². The first kappa shape index (κ1) is 37.9. The van der Waals surface area contributed by atoms with Crippen molar-refractivity contribution < 1.29 is 38.5 Å². The van der Waals surface area contributed by atoms with Gasteiger partial charge in [0.05, 0.1) is 36.7 Å². The Morgan fingerprint density at radius 3 is 2.54 bits per heavy atom. The van der Waals surface area contributed by atoms with Crippen LogP contribution in [-0.4, -0.2) is 110 Å². The molecule has 2 fully saturated rings. The van der Waals surface area contributed by atoms with E-state index in [9.17, 15) is 19.5 Å². The lowest BCUT2D eigenvalue weighted by molar-refractivity contribution is -0.163. The summed E-state index contributed by atoms with van der Waals surface area (Å²) in [7, 11) is 1.50. The molecule has 3 aromatic rings. The van der Waals surface area contributed by atoms with Crippen molar-refractivity contribution in [1.82, 2.24) is 30.1 Å². The first-order valence-electron chi connectivity index (χ1n) is 18.3. The molecule has 2 saturated heterocycles. The van der Waals surface area contributed by atoms with E-state index < -0.39 is 72.2 Å². The van der Waals surface area contributed by atoms with Gasteiger partial charge in [0.1, 0.15) is 42.0 Å². The molecule has 4 aliphatic rings. The topological polar surface area (TPSA) is 165 Å². The molecule has 2 N–H and O–H groups in total. The van der Waals surface area contributed by atoms with Gasteiger partial charge in [-0.3, -0.25) is 19.2 Å². The van der Waals surface area contributed by atoms with Gasteiger partial charge in [-0.15, -0.1) is 5.10 Å². The molecule has 0 saturated carbocycles. The number of aromatic nitrogens is 3. The third kappa shape index (κ3) is 6.86. The van der Waals surface area contributed by atoms with Crippen molar-refractivity contribution in [2.75, 3.05) is 26.9 Å². The summed E-state index contributed by atoms with van der Waals surface area (Å²) < 4.78 is 20.7. The molecule has 3 amide bonds. The molecule has 14 nitrogen and oxygen atoms in total. The highest BCUT2D eigenvalue weighted by atomic mass is 79.9. The maximum Gasteiger partial charge on any atom is 0.313 e. The number of fused-ring (bicyclic) bond motifs is 3. The van der Waals surface area contributed by atoms with Crippen molar-refractivity contribution in [3.05, 3.63) is 82.9 Å². The number of para-hydroxylation sites is 1. The molecule has 0 aliphatic carbocycles. The normalized spacial score (nSPS) is 30.1. The number of nitrogens with one attached hydrogen (secondary N) is 1. The molecule has 2 aromatic carbocycles. The molecule has 8 atom stereocenters. The Hall–Kier alpha value is -4.44. The number of carbonyl (C=O) groups is 4. The molecule has 7 rings (SSSR count). The van der Waals surface area contributed by atoms with Crippen LogP contribution in [0.15, 0.2) is 77.3 Å². The van der Waals surface area contributed by atoms with Crippen molar-refractivity contribution >= 4 is 50.7 Å². The molecule has 1 spiro atoms. The Kier molecular flexibility index (Phi) is 11.0. The zero-order valence-electron chi connectivity index (χ0n) is 30.4. The van der Waals surface area contributed by atoms with Crippen molar-refractivity contribution in [3.8, 4) is 0 Å². The first-order valence-corrected chi connectivity index (χ1v) is 19.1. The number of aliphatic hydroxyl groups excluding tert-OH is 1. The quantitative estimate of drug-likeness (QED) is 0.242. The number of aliphatic hydroxyl groups is 1. The van der Waals surface area contributed by atoms with Crippen LogP contribution >= 0.6 is 15.9 Å². The number of cyclic esters (lactones) is 1. The van der Waals surface area contributed by atoms with Gasteiger partial charge >= 0.3 is 5.97 Å². The second kappa shape index (κ2) is 15.7. The van der Waals surface area contributed by atoms with Crippen LogP contribution in [0.1, 0.15) is 44.8 Å². The molecule has 54 heavy (non-hydrogen) atoms. The average molecular weight is 806 g/mol. The minimum Gasteiger partial charge on any atom is -0.455 e. The highest BCUT2D eigenvalue weighted by Crippen LogP contribution is 2.59. The summed E-state index contributed by atoms with van der Waals surface area (Å²) >= 11 is 3.62. The van der Waals surface area contributed by atoms with E-state index in [0.717, 1.165) is 0 Å². The number of benzene rings is 2. The van der Waals surface area contributed by atoms with Gasteiger partial charge in [-0.1, -0.05) is 89.6 Å². The van der Waals surface area contributed by atoms with Crippen LogP contribution in [-0.2, 0) is 40.1 Å². The Morgan fingerprint density at radius 2 is 1.80 bits per heavy atom. The fraction of sp³-hybridized carbons (Fsp3) is 0.487. The number of likely N-dealkylation sites (tertiary alicyclic amines) is 1. The summed E-state index contributed by atoms with van der Waals surface area (Å²) in [5.41, 5.74) is 0.423. The van der Waals surface area contributed by atoms with Crippen molar-refractivity contribution in [3.63, 3.8) is 0 Å². The standard InChI is InChI=1S/C39H45BrN6O8/c1-23(2)18-25(20-47)46-35-37(50)44(22-45-29-15-10-9-14-27(29)42-43-45)17-11-5-8-16-30(48)41-28(21-52-3)33(24-12-6-4-7-13-24)53-38(51)31-32(36(46)49)39(35)19-26(40)34(31)54-39/h4-7,9-15,19,23,25,28,31-35,47H,8,16-18,20-22H2,1-3H3,(H,41,48)/b11-5-/t25-,28-,31+,32-,33-,34+,35+,39-/m1/s1. The summed E-state index contributed by atoms with van der Waals surface area (Å²) in [5, 5.41) is 22.4. The van der Waals surface area contributed by atoms with Crippen LogP contribution in [0.25, 0.3) is 11.0 Å². The van der Waals surface area contributed by atoms with Gasteiger partial charge < -0.3 is 34.4 Å². The largest absolute Gasteiger partial charge is 0.455 e. The van der Waals surface area contributed by atoms with Crippen LogP contribution in [0.5, 0.6) is 0 Å².